The molecule has 0 aromatic carbocycles. The molecule has 0 aliphatic carbocycles. The van der Waals surface area contributed by atoms with Crippen LogP contribution in [0.2, 0.25) is 0 Å². The summed E-state index contributed by atoms with van der Waals surface area (Å²) in [6, 6.07) is -0.594. The van der Waals surface area contributed by atoms with Gasteiger partial charge in [-0.05, 0) is 25.2 Å². The van der Waals surface area contributed by atoms with E-state index < -0.39 is 0 Å². The lowest BCUT2D eigenvalue weighted by Gasteiger charge is -2.39. The molecule has 2 atom stereocenters. The Balaban J connectivity index is 2.64. The third kappa shape index (κ3) is 5.33. The number of unbranched alkanes of at least 4 members (excludes halogenated alkanes) is 4. The molecule has 0 aromatic rings. The first-order valence-corrected chi connectivity index (χ1v) is 8.62. The minimum Gasteiger partial charge on any atom is -0.343 e. The first-order chi connectivity index (χ1) is 10.0. The zero-order chi connectivity index (χ0) is 15.8. The van der Waals surface area contributed by atoms with Gasteiger partial charge in [0, 0.05) is 6.54 Å². The Hall–Kier alpha value is -1.06. The molecule has 1 heterocycles. The predicted molar refractivity (Wildman–Crippen MR) is 85.9 cm³/mol. The fourth-order valence-corrected chi connectivity index (χ4v) is 2.93. The van der Waals surface area contributed by atoms with E-state index in [1.807, 2.05) is 11.8 Å². The summed E-state index contributed by atoms with van der Waals surface area (Å²) in [5.41, 5.74) is 0. The lowest BCUT2D eigenvalue weighted by Crippen LogP contribution is -2.63. The maximum atomic E-state index is 12.5. The van der Waals surface area contributed by atoms with Crippen molar-refractivity contribution < 1.29 is 9.59 Å². The van der Waals surface area contributed by atoms with Crippen LogP contribution in [0.1, 0.15) is 72.6 Å². The number of hydrogen-bond donors (Lipinski definition) is 1. The van der Waals surface area contributed by atoms with Crippen LogP contribution in [0.3, 0.4) is 0 Å². The van der Waals surface area contributed by atoms with E-state index in [0.717, 1.165) is 25.8 Å². The summed E-state index contributed by atoms with van der Waals surface area (Å²) in [7, 11) is 0. The summed E-state index contributed by atoms with van der Waals surface area (Å²) in [6.07, 6.45) is 7.26. The monoisotopic (exact) mass is 296 g/mol. The van der Waals surface area contributed by atoms with E-state index in [4.69, 9.17) is 0 Å². The molecule has 21 heavy (non-hydrogen) atoms. The average Bonchev–Trinajstić information content (AvgIpc) is 2.44. The lowest BCUT2D eigenvalue weighted by atomic mass is 9.96. The van der Waals surface area contributed by atoms with Crippen LogP contribution in [-0.2, 0) is 9.59 Å². The molecular formula is C17H32N2O2. The van der Waals surface area contributed by atoms with Gasteiger partial charge in [0.15, 0.2) is 0 Å². The highest BCUT2D eigenvalue weighted by Gasteiger charge is 2.39. The van der Waals surface area contributed by atoms with E-state index in [1.165, 1.54) is 19.3 Å². The van der Waals surface area contributed by atoms with Crippen molar-refractivity contribution in [1.82, 2.24) is 10.2 Å². The van der Waals surface area contributed by atoms with Crippen molar-refractivity contribution in [3.05, 3.63) is 0 Å². The Kier molecular flexibility index (Phi) is 7.76. The number of nitrogens with one attached hydrogen (secondary N) is 1. The summed E-state index contributed by atoms with van der Waals surface area (Å²) in [5.74, 6) is 0.552. The van der Waals surface area contributed by atoms with Crippen molar-refractivity contribution in [3.63, 3.8) is 0 Å². The molecule has 0 bridgehead atoms. The first kappa shape index (κ1) is 18.0. The van der Waals surface area contributed by atoms with Gasteiger partial charge in [-0.1, -0.05) is 53.4 Å². The van der Waals surface area contributed by atoms with Gasteiger partial charge in [-0.3, -0.25) is 9.59 Å². The molecule has 4 heteroatoms. The molecule has 1 aliphatic heterocycles. The molecule has 122 valence electrons. The van der Waals surface area contributed by atoms with Gasteiger partial charge in [0.05, 0.1) is 0 Å². The van der Waals surface area contributed by atoms with Crippen molar-refractivity contribution in [2.75, 3.05) is 6.54 Å². The Morgan fingerprint density at radius 2 is 1.76 bits per heavy atom. The van der Waals surface area contributed by atoms with Crippen molar-refractivity contribution >= 4 is 11.8 Å². The Morgan fingerprint density at radius 3 is 2.33 bits per heavy atom. The highest BCUT2D eigenvalue weighted by molar-refractivity contribution is 5.96. The van der Waals surface area contributed by atoms with Gasteiger partial charge in [0.2, 0.25) is 11.8 Å². The smallest absolute Gasteiger partial charge is 0.245 e. The molecule has 0 saturated carbocycles. The van der Waals surface area contributed by atoms with Gasteiger partial charge >= 0.3 is 0 Å². The van der Waals surface area contributed by atoms with Crippen LogP contribution in [0, 0.1) is 5.92 Å². The molecule has 1 saturated heterocycles. The molecule has 1 aliphatic rings. The number of amides is 2. The van der Waals surface area contributed by atoms with E-state index in [2.05, 4.69) is 26.1 Å². The second-order valence-electron chi connectivity index (χ2n) is 6.56. The SMILES string of the molecule is CCCCCCCN1C(=O)C(CC)NC(=O)C1CC(C)C. The van der Waals surface area contributed by atoms with Gasteiger partial charge in [-0.2, -0.15) is 0 Å². The van der Waals surface area contributed by atoms with Crippen LogP contribution in [0.5, 0.6) is 0 Å². The fourth-order valence-electron chi connectivity index (χ4n) is 2.93. The highest BCUT2D eigenvalue weighted by atomic mass is 16.2. The third-order valence-corrected chi connectivity index (χ3v) is 4.18. The van der Waals surface area contributed by atoms with Gasteiger partial charge in [0.1, 0.15) is 12.1 Å². The van der Waals surface area contributed by atoms with Crippen molar-refractivity contribution in [2.45, 2.75) is 84.7 Å². The van der Waals surface area contributed by atoms with Gasteiger partial charge in [-0.25, -0.2) is 0 Å². The van der Waals surface area contributed by atoms with E-state index >= 15 is 0 Å². The highest BCUT2D eigenvalue weighted by Crippen LogP contribution is 2.19. The molecule has 1 fully saturated rings. The minimum absolute atomic E-state index is 0.0312. The molecule has 4 nitrogen and oxygen atoms in total. The standard InChI is InChI=1S/C17H32N2O2/c1-5-7-8-9-10-11-19-15(12-13(3)4)16(20)18-14(6-2)17(19)21/h13-15H,5-12H2,1-4H3,(H,18,20). The molecular weight excluding hydrogens is 264 g/mol. The van der Waals surface area contributed by atoms with Crippen molar-refractivity contribution in [2.24, 2.45) is 5.92 Å². The van der Waals surface area contributed by atoms with Gasteiger partial charge in [-0.15, -0.1) is 0 Å². The maximum Gasteiger partial charge on any atom is 0.245 e. The Bertz CT molecular complexity index is 342. The number of carbonyl (C=O) groups excluding carboxylic acids is 2. The van der Waals surface area contributed by atoms with Crippen LogP contribution in [0.25, 0.3) is 0 Å². The fraction of sp³-hybridized carbons (Fsp3) is 0.882. The van der Waals surface area contributed by atoms with Gasteiger partial charge < -0.3 is 10.2 Å². The normalized spacial score (nSPS) is 22.8. The van der Waals surface area contributed by atoms with Crippen LogP contribution < -0.4 is 5.32 Å². The summed E-state index contributed by atoms with van der Waals surface area (Å²) in [6.45, 7) is 9.07. The minimum atomic E-state index is -0.323. The van der Waals surface area contributed by atoms with Gasteiger partial charge in [0.25, 0.3) is 0 Å². The zero-order valence-electron chi connectivity index (χ0n) is 14.2. The number of carbonyl (C=O) groups is 2. The van der Waals surface area contributed by atoms with Crippen LogP contribution in [0.4, 0.5) is 0 Å². The zero-order valence-corrected chi connectivity index (χ0v) is 14.2. The number of nitrogens with zero attached hydrogens (tertiary/aromatic N) is 1. The third-order valence-electron chi connectivity index (χ3n) is 4.18. The molecule has 1 N–H and O–H groups in total. The summed E-state index contributed by atoms with van der Waals surface area (Å²) >= 11 is 0. The number of piperazine rings is 1. The molecule has 2 amide bonds. The van der Waals surface area contributed by atoms with E-state index in [9.17, 15) is 9.59 Å². The summed E-state index contributed by atoms with van der Waals surface area (Å²) in [4.78, 5) is 26.7. The largest absolute Gasteiger partial charge is 0.343 e. The summed E-state index contributed by atoms with van der Waals surface area (Å²) < 4.78 is 0. The van der Waals surface area contributed by atoms with E-state index in [-0.39, 0.29) is 23.9 Å². The number of hydrogen-bond acceptors (Lipinski definition) is 2. The quantitative estimate of drug-likeness (QED) is 0.665. The van der Waals surface area contributed by atoms with Crippen LogP contribution in [-0.4, -0.2) is 35.3 Å². The molecule has 0 aromatic heterocycles. The van der Waals surface area contributed by atoms with Crippen molar-refractivity contribution in [1.29, 1.82) is 0 Å². The van der Waals surface area contributed by atoms with E-state index in [1.54, 1.807) is 0 Å². The Labute approximate surface area is 129 Å². The second kappa shape index (κ2) is 9.06. The maximum absolute atomic E-state index is 12.5. The Morgan fingerprint density at radius 1 is 1.10 bits per heavy atom. The first-order valence-electron chi connectivity index (χ1n) is 8.62. The molecule has 1 rings (SSSR count). The molecule has 2 unspecified atom stereocenters. The lowest BCUT2D eigenvalue weighted by molar-refractivity contribution is -0.150. The molecule has 0 spiro atoms. The van der Waals surface area contributed by atoms with Crippen LogP contribution >= 0.6 is 0 Å². The predicted octanol–water partition coefficient (Wildman–Crippen LogP) is 3.11. The number of rotatable bonds is 9. The average molecular weight is 296 g/mol. The second-order valence-corrected chi connectivity index (χ2v) is 6.56. The molecule has 0 radical (unpaired) electrons. The summed E-state index contributed by atoms with van der Waals surface area (Å²) in [5, 5.41) is 2.88. The topological polar surface area (TPSA) is 49.4 Å². The van der Waals surface area contributed by atoms with E-state index in [0.29, 0.717) is 12.3 Å². The van der Waals surface area contributed by atoms with Crippen LogP contribution in [0.15, 0.2) is 0 Å². The van der Waals surface area contributed by atoms with Crippen molar-refractivity contribution in [3.8, 4) is 0 Å².